The summed E-state index contributed by atoms with van der Waals surface area (Å²) in [7, 11) is 0. The summed E-state index contributed by atoms with van der Waals surface area (Å²) in [5.74, 6) is -2.40. The molecule has 0 atom stereocenters. The average molecular weight is 216 g/mol. The monoisotopic (exact) mass is 216 g/mol. The van der Waals surface area contributed by atoms with Gasteiger partial charge in [-0.15, -0.1) is 0 Å². The fourth-order valence-electron chi connectivity index (χ4n) is 1.05. The van der Waals surface area contributed by atoms with E-state index in [2.05, 4.69) is 0 Å². The summed E-state index contributed by atoms with van der Waals surface area (Å²) in [6, 6.07) is 0. The van der Waals surface area contributed by atoms with Crippen LogP contribution in [0.3, 0.4) is 0 Å². The van der Waals surface area contributed by atoms with Crippen LogP contribution in [0.15, 0.2) is 11.6 Å². The fourth-order valence-corrected chi connectivity index (χ4v) is 1.05. The second-order valence-electron chi connectivity index (χ2n) is 2.97. The van der Waals surface area contributed by atoms with E-state index in [0.717, 1.165) is 12.5 Å². The summed E-state index contributed by atoms with van der Waals surface area (Å²) in [6.45, 7) is 3.10. The van der Waals surface area contributed by atoms with E-state index in [0.29, 0.717) is 19.6 Å². The predicted octanol–water partition coefficient (Wildman–Crippen LogP) is 1.29. The number of ether oxygens (including phenoxy) is 1. The molecule has 15 heavy (non-hydrogen) atoms. The highest BCUT2D eigenvalue weighted by Gasteiger charge is 2.08. The molecule has 5 heteroatoms. The Morgan fingerprint density at radius 1 is 1.27 bits per heavy atom. The number of hydrogen-bond donors (Lipinski definition) is 2. The van der Waals surface area contributed by atoms with Crippen LogP contribution in [0.25, 0.3) is 0 Å². The SMILES string of the molecule is CCOCCCC/C(=C/C(=O)O)C(=O)O. The summed E-state index contributed by atoms with van der Waals surface area (Å²) >= 11 is 0. The Kier molecular flexibility index (Phi) is 7.27. The van der Waals surface area contributed by atoms with Gasteiger partial charge in [0, 0.05) is 24.9 Å². The van der Waals surface area contributed by atoms with Crippen molar-refractivity contribution >= 4 is 11.9 Å². The van der Waals surface area contributed by atoms with Gasteiger partial charge in [0.2, 0.25) is 0 Å². The third-order valence-electron chi connectivity index (χ3n) is 1.76. The van der Waals surface area contributed by atoms with Gasteiger partial charge in [-0.2, -0.15) is 0 Å². The van der Waals surface area contributed by atoms with Gasteiger partial charge in [0.05, 0.1) is 0 Å². The van der Waals surface area contributed by atoms with Gasteiger partial charge in [0.25, 0.3) is 0 Å². The molecular weight excluding hydrogens is 200 g/mol. The van der Waals surface area contributed by atoms with Crippen LogP contribution < -0.4 is 0 Å². The van der Waals surface area contributed by atoms with Crippen LogP contribution in [0.4, 0.5) is 0 Å². The molecule has 2 N–H and O–H groups in total. The van der Waals surface area contributed by atoms with Crippen molar-refractivity contribution in [3.8, 4) is 0 Å². The second kappa shape index (κ2) is 7.99. The van der Waals surface area contributed by atoms with Gasteiger partial charge in [-0.05, 0) is 26.2 Å². The molecule has 0 radical (unpaired) electrons. The molecular formula is C10H16O5. The van der Waals surface area contributed by atoms with Crippen LogP contribution in [0.1, 0.15) is 26.2 Å². The van der Waals surface area contributed by atoms with Gasteiger partial charge in [-0.25, -0.2) is 9.59 Å². The van der Waals surface area contributed by atoms with Crippen molar-refractivity contribution in [1.82, 2.24) is 0 Å². The first kappa shape index (κ1) is 13.6. The van der Waals surface area contributed by atoms with Gasteiger partial charge in [0.15, 0.2) is 0 Å². The van der Waals surface area contributed by atoms with Crippen LogP contribution >= 0.6 is 0 Å². The van der Waals surface area contributed by atoms with E-state index >= 15 is 0 Å². The molecule has 0 saturated heterocycles. The van der Waals surface area contributed by atoms with Crippen LogP contribution in [-0.2, 0) is 14.3 Å². The molecule has 86 valence electrons. The lowest BCUT2D eigenvalue weighted by atomic mass is 10.1. The number of hydrogen-bond acceptors (Lipinski definition) is 3. The van der Waals surface area contributed by atoms with Gasteiger partial charge < -0.3 is 14.9 Å². The highest BCUT2D eigenvalue weighted by atomic mass is 16.5. The molecule has 0 amide bonds. The Morgan fingerprint density at radius 3 is 2.40 bits per heavy atom. The Morgan fingerprint density at radius 2 is 1.93 bits per heavy atom. The second-order valence-corrected chi connectivity index (χ2v) is 2.97. The van der Waals surface area contributed by atoms with E-state index in [-0.39, 0.29) is 12.0 Å². The maximum atomic E-state index is 10.6. The number of carbonyl (C=O) groups is 2. The van der Waals surface area contributed by atoms with Crippen molar-refractivity contribution < 1.29 is 24.5 Å². The van der Waals surface area contributed by atoms with E-state index < -0.39 is 11.9 Å². The minimum atomic E-state index is -1.22. The largest absolute Gasteiger partial charge is 0.478 e. The number of carboxylic acid groups (broad SMARTS) is 2. The van der Waals surface area contributed by atoms with Crippen molar-refractivity contribution in [1.29, 1.82) is 0 Å². The molecule has 0 aliphatic heterocycles. The fraction of sp³-hybridized carbons (Fsp3) is 0.600. The molecule has 0 aliphatic rings. The quantitative estimate of drug-likeness (QED) is 0.471. The van der Waals surface area contributed by atoms with Gasteiger partial charge in [-0.1, -0.05) is 0 Å². The molecule has 5 nitrogen and oxygen atoms in total. The molecule has 0 aliphatic carbocycles. The van der Waals surface area contributed by atoms with E-state index in [9.17, 15) is 9.59 Å². The average Bonchev–Trinajstić information content (AvgIpc) is 2.15. The van der Waals surface area contributed by atoms with Crippen LogP contribution in [0.2, 0.25) is 0 Å². The number of carboxylic acids is 2. The van der Waals surface area contributed by atoms with E-state index in [1.807, 2.05) is 6.92 Å². The summed E-state index contributed by atoms with van der Waals surface area (Å²) in [4.78, 5) is 20.9. The predicted molar refractivity (Wildman–Crippen MR) is 53.7 cm³/mol. The van der Waals surface area contributed by atoms with Gasteiger partial charge in [0.1, 0.15) is 0 Å². The highest BCUT2D eigenvalue weighted by molar-refractivity contribution is 5.94. The first-order chi connectivity index (χ1) is 7.07. The van der Waals surface area contributed by atoms with E-state index in [1.165, 1.54) is 0 Å². The minimum absolute atomic E-state index is 0.0704. The maximum absolute atomic E-state index is 10.6. The summed E-state index contributed by atoms with van der Waals surface area (Å²) in [6.07, 6.45) is 2.35. The zero-order chi connectivity index (χ0) is 11.7. The number of rotatable bonds is 8. The Hall–Kier alpha value is -1.36. The van der Waals surface area contributed by atoms with E-state index in [1.54, 1.807) is 0 Å². The van der Waals surface area contributed by atoms with Crippen molar-refractivity contribution in [3.05, 3.63) is 11.6 Å². The minimum Gasteiger partial charge on any atom is -0.478 e. The molecule has 0 saturated carbocycles. The van der Waals surface area contributed by atoms with Crippen LogP contribution in [-0.4, -0.2) is 35.4 Å². The van der Waals surface area contributed by atoms with Crippen LogP contribution in [0.5, 0.6) is 0 Å². The third kappa shape index (κ3) is 7.69. The Balaban J connectivity index is 3.88. The van der Waals surface area contributed by atoms with Gasteiger partial charge in [-0.3, -0.25) is 0 Å². The van der Waals surface area contributed by atoms with Crippen molar-refractivity contribution in [2.45, 2.75) is 26.2 Å². The maximum Gasteiger partial charge on any atom is 0.331 e. The molecule has 0 rings (SSSR count). The lowest BCUT2D eigenvalue weighted by Gasteiger charge is -2.02. The Labute approximate surface area is 88.4 Å². The molecule has 0 bridgehead atoms. The molecule has 0 heterocycles. The number of aliphatic carboxylic acids is 2. The number of unbranched alkanes of at least 4 members (excludes halogenated alkanes) is 1. The summed E-state index contributed by atoms with van der Waals surface area (Å²) in [5, 5.41) is 17.1. The first-order valence-electron chi connectivity index (χ1n) is 4.82. The summed E-state index contributed by atoms with van der Waals surface area (Å²) < 4.78 is 5.07. The van der Waals surface area contributed by atoms with Gasteiger partial charge >= 0.3 is 11.9 Å². The highest BCUT2D eigenvalue weighted by Crippen LogP contribution is 2.07. The lowest BCUT2D eigenvalue weighted by Crippen LogP contribution is -2.04. The molecule has 0 unspecified atom stereocenters. The normalized spacial score (nSPS) is 11.4. The van der Waals surface area contributed by atoms with E-state index in [4.69, 9.17) is 14.9 Å². The summed E-state index contributed by atoms with van der Waals surface area (Å²) in [5.41, 5.74) is -0.0704. The zero-order valence-electron chi connectivity index (χ0n) is 8.73. The van der Waals surface area contributed by atoms with Crippen molar-refractivity contribution in [2.75, 3.05) is 13.2 Å². The third-order valence-corrected chi connectivity index (χ3v) is 1.76. The topological polar surface area (TPSA) is 83.8 Å². The Bertz CT molecular complexity index is 244. The van der Waals surface area contributed by atoms with Crippen molar-refractivity contribution in [2.24, 2.45) is 0 Å². The molecule has 0 spiro atoms. The molecule has 0 aromatic carbocycles. The standard InChI is InChI=1S/C10H16O5/c1-2-15-6-4-3-5-8(10(13)14)7-9(11)12/h7H,2-6H2,1H3,(H,11,12)(H,13,14)/b8-7-. The smallest absolute Gasteiger partial charge is 0.331 e. The molecule has 0 aromatic rings. The molecule has 0 aromatic heterocycles. The van der Waals surface area contributed by atoms with Crippen LogP contribution in [0, 0.1) is 0 Å². The molecule has 0 fully saturated rings. The van der Waals surface area contributed by atoms with Crippen molar-refractivity contribution in [3.63, 3.8) is 0 Å². The first-order valence-corrected chi connectivity index (χ1v) is 4.82. The lowest BCUT2D eigenvalue weighted by molar-refractivity contribution is -0.135. The zero-order valence-corrected chi connectivity index (χ0v) is 8.73.